The van der Waals surface area contributed by atoms with E-state index in [1.165, 1.54) is 19.1 Å². The highest BCUT2D eigenvalue weighted by molar-refractivity contribution is 6.01. The van der Waals surface area contributed by atoms with Crippen molar-refractivity contribution in [2.24, 2.45) is 45.3 Å². The molecule has 0 saturated heterocycles. The number of alkyl halides is 2. The molecule has 0 aromatic carbocycles. The van der Waals surface area contributed by atoms with Crippen molar-refractivity contribution in [3.8, 4) is 6.07 Å². The number of nitrogens with zero attached hydrogens (tertiary/aromatic N) is 1. The summed E-state index contributed by atoms with van der Waals surface area (Å²) < 4.78 is 51.0. The molecule has 8 nitrogen and oxygen atoms in total. The minimum Gasteiger partial charge on any atom is -0.447 e. The Morgan fingerprint density at radius 2 is 1.82 bits per heavy atom. The van der Waals surface area contributed by atoms with Crippen LogP contribution in [0, 0.1) is 56.7 Å². The molecule has 6 aliphatic rings. The van der Waals surface area contributed by atoms with Crippen LogP contribution in [0.3, 0.4) is 0 Å². The minimum atomic E-state index is -2.36. The lowest BCUT2D eigenvalue weighted by molar-refractivity contribution is -0.234. The van der Waals surface area contributed by atoms with Gasteiger partial charge in [0.2, 0.25) is 5.60 Å². The predicted octanol–water partition coefficient (Wildman–Crippen LogP) is 5.72. The van der Waals surface area contributed by atoms with Crippen LogP contribution in [-0.2, 0) is 23.8 Å². The van der Waals surface area contributed by atoms with E-state index in [0.29, 0.717) is 12.3 Å². The molecule has 240 valence electrons. The summed E-state index contributed by atoms with van der Waals surface area (Å²) in [6.45, 7) is 10.7. The molecule has 5 fully saturated rings. The summed E-state index contributed by atoms with van der Waals surface area (Å²) in [6, 6.07) is 1.77. The molecular formula is C34H43F2NO7. The number of aliphatic hydroxyl groups excluding tert-OH is 1. The van der Waals surface area contributed by atoms with E-state index in [2.05, 4.69) is 20.8 Å². The third-order valence-electron chi connectivity index (χ3n) is 13.9. The molecule has 0 spiro atoms. The maximum absolute atomic E-state index is 17.6. The van der Waals surface area contributed by atoms with E-state index in [0.717, 1.165) is 18.9 Å². The monoisotopic (exact) mass is 615 g/mol. The van der Waals surface area contributed by atoms with E-state index < -0.39 is 82.7 Å². The first kappa shape index (κ1) is 31.2. The summed E-state index contributed by atoms with van der Waals surface area (Å²) in [5.41, 5.74) is -7.70. The van der Waals surface area contributed by atoms with Crippen molar-refractivity contribution in [1.29, 1.82) is 5.26 Å². The summed E-state index contributed by atoms with van der Waals surface area (Å²) in [6.07, 6.45) is 1.02. The normalized spacial score (nSPS) is 49.7. The molecule has 5 saturated carbocycles. The summed E-state index contributed by atoms with van der Waals surface area (Å²) in [4.78, 5) is 39.9. The summed E-state index contributed by atoms with van der Waals surface area (Å²) >= 11 is 0. The van der Waals surface area contributed by atoms with Crippen molar-refractivity contribution in [2.45, 2.75) is 110 Å². The van der Waals surface area contributed by atoms with Crippen molar-refractivity contribution in [1.82, 2.24) is 0 Å². The second kappa shape index (κ2) is 9.60. The molecule has 0 amide bonds. The largest absolute Gasteiger partial charge is 0.509 e. The van der Waals surface area contributed by atoms with Gasteiger partial charge >= 0.3 is 12.1 Å². The molecule has 1 N–H and O–H groups in total. The molecule has 2 bridgehead atoms. The summed E-state index contributed by atoms with van der Waals surface area (Å²) in [7, 11) is 0. The highest BCUT2D eigenvalue weighted by Gasteiger charge is 2.79. The predicted molar refractivity (Wildman–Crippen MR) is 153 cm³/mol. The van der Waals surface area contributed by atoms with Crippen LogP contribution in [0.2, 0.25) is 0 Å². The third-order valence-corrected chi connectivity index (χ3v) is 13.9. The van der Waals surface area contributed by atoms with Crippen molar-refractivity contribution in [2.75, 3.05) is 6.61 Å². The highest BCUT2D eigenvalue weighted by Crippen LogP contribution is 2.72. The molecule has 0 aromatic heterocycles. The second-order valence-corrected chi connectivity index (χ2v) is 15.5. The lowest BCUT2D eigenvalue weighted by atomic mass is 9.44. The van der Waals surface area contributed by atoms with Gasteiger partial charge in [0.25, 0.3) is 0 Å². The summed E-state index contributed by atoms with van der Waals surface area (Å²) in [5.74, 6) is -3.55. The Kier molecular flexibility index (Phi) is 6.81. The van der Waals surface area contributed by atoms with Crippen molar-refractivity contribution < 1.29 is 42.5 Å². The van der Waals surface area contributed by atoms with Crippen LogP contribution >= 0.6 is 0 Å². The van der Waals surface area contributed by atoms with Crippen LogP contribution in [0.1, 0.15) is 80.1 Å². The Morgan fingerprint density at radius 3 is 2.43 bits per heavy atom. The van der Waals surface area contributed by atoms with E-state index in [-0.39, 0.29) is 35.7 Å². The maximum atomic E-state index is 17.6. The molecule has 6 aliphatic carbocycles. The number of nitriles is 1. The van der Waals surface area contributed by atoms with Crippen molar-refractivity contribution in [3.05, 3.63) is 23.8 Å². The average Bonchev–Trinajstić information content (AvgIpc) is 3.39. The number of aliphatic hydroxyl groups is 1. The molecule has 0 unspecified atom stereocenters. The fourth-order valence-electron chi connectivity index (χ4n) is 11.0. The van der Waals surface area contributed by atoms with Gasteiger partial charge in [0, 0.05) is 28.1 Å². The second-order valence-electron chi connectivity index (χ2n) is 15.5. The van der Waals surface area contributed by atoms with Crippen LogP contribution in [0.15, 0.2) is 23.8 Å². The van der Waals surface area contributed by atoms with Crippen molar-refractivity contribution in [3.63, 3.8) is 0 Å². The van der Waals surface area contributed by atoms with Crippen LogP contribution < -0.4 is 0 Å². The Morgan fingerprint density at radius 1 is 1.11 bits per heavy atom. The third kappa shape index (κ3) is 3.59. The van der Waals surface area contributed by atoms with Crippen LogP contribution in [-0.4, -0.2) is 59.3 Å². The molecule has 44 heavy (non-hydrogen) atoms. The van der Waals surface area contributed by atoms with Gasteiger partial charge in [-0.05, 0) is 80.4 Å². The number of hydrogen-bond acceptors (Lipinski definition) is 8. The lowest BCUT2D eigenvalue weighted by Crippen LogP contribution is -2.71. The smallest absolute Gasteiger partial charge is 0.447 e. The Balaban J connectivity index is 1.38. The quantitative estimate of drug-likeness (QED) is 0.398. The first-order valence-corrected chi connectivity index (χ1v) is 15.8. The maximum Gasteiger partial charge on any atom is 0.509 e. The average molecular weight is 616 g/mol. The highest BCUT2D eigenvalue weighted by atomic mass is 19.1. The Bertz CT molecular complexity index is 1400. The molecule has 0 radical (unpaired) electrons. The van der Waals surface area contributed by atoms with E-state index in [1.54, 1.807) is 19.9 Å². The van der Waals surface area contributed by atoms with Gasteiger partial charge < -0.3 is 19.3 Å². The zero-order valence-electron chi connectivity index (χ0n) is 26.3. The first-order valence-electron chi connectivity index (χ1n) is 15.8. The number of allylic oxidation sites excluding steroid dienone is 4. The molecule has 0 aromatic rings. The number of halogens is 2. The number of rotatable bonds is 4. The fourth-order valence-corrected chi connectivity index (χ4v) is 11.0. The van der Waals surface area contributed by atoms with Crippen molar-refractivity contribution >= 4 is 17.9 Å². The van der Waals surface area contributed by atoms with Gasteiger partial charge in [-0.3, -0.25) is 4.79 Å². The number of fused-ring (bicyclic) bond motifs is 7. The first-order chi connectivity index (χ1) is 20.4. The van der Waals surface area contributed by atoms with E-state index in [4.69, 9.17) is 14.2 Å². The molecule has 12 atom stereocenters. The van der Waals surface area contributed by atoms with Gasteiger partial charge in [-0.25, -0.2) is 18.4 Å². The lowest BCUT2D eigenvalue weighted by Gasteiger charge is -2.62. The SMILES string of the molecule is C[C@@H]1C[C@H]2[C@@H]3C[C@H](F)C4=CC(=O)C=C[C@]4(C)[C@@]3(F)[C@@H](O)C[C@]2(C)[C@@]1(OC(=O)O[C@@H]1C[C@@H]2CC[C@@]1(C)C2(C)C)C(=O)OCC#N. The molecule has 10 heteroatoms. The zero-order chi connectivity index (χ0) is 32.3. The summed E-state index contributed by atoms with van der Waals surface area (Å²) in [5, 5.41) is 20.9. The molecular weight excluding hydrogens is 572 g/mol. The molecule has 0 heterocycles. The van der Waals surface area contributed by atoms with Gasteiger partial charge in [-0.1, -0.05) is 40.7 Å². The number of ketones is 1. The van der Waals surface area contributed by atoms with E-state index in [1.807, 2.05) is 0 Å². The van der Waals surface area contributed by atoms with Gasteiger partial charge in [0.1, 0.15) is 18.3 Å². The number of hydrogen-bond donors (Lipinski definition) is 1. The van der Waals surface area contributed by atoms with Gasteiger partial charge in [-0.15, -0.1) is 0 Å². The molecule has 0 aliphatic heterocycles. The minimum absolute atomic E-state index is 0.000694. The van der Waals surface area contributed by atoms with Crippen LogP contribution in [0.4, 0.5) is 13.6 Å². The van der Waals surface area contributed by atoms with E-state index in [9.17, 15) is 24.8 Å². The van der Waals surface area contributed by atoms with Crippen LogP contribution in [0.5, 0.6) is 0 Å². The Labute approximate surface area is 257 Å². The van der Waals surface area contributed by atoms with Gasteiger partial charge in [-0.2, -0.15) is 5.26 Å². The number of carbonyl (C=O) groups excluding carboxylic acids is 3. The number of ether oxygens (including phenoxy) is 3. The van der Waals surface area contributed by atoms with Crippen LogP contribution in [0.25, 0.3) is 0 Å². The zero-order valence-corrected chi connectivity index (χ0v) is 26.3. The number of carbonyl (C=O) groups is 3. The van der Waals surface area contributed by atoms with Gasteiger partial charge in [0.05, 0.1) is 6.10 Å². The number of esters is 1. The molecule has 6 rings (SSSR count). The van der Waals surface area contributed by atoms with E-state index >= 15 is 8.78 Å². The fraction of sp³-hybridized carbons (Fsp3) is 0.765. The van der Waals surface area contributed by atoms with Gasteiger partial charge in [0.15, 0.2) is 18.1 Å². The Hall–Kier alpha value is -2.80. The standard InChI is InChI=1S/C34H43F2NO7/c1-18-13-21-22-16-24(35)23-15-20(38)8-10-30(23,4)33(22,36)25(39)17-32(21,6)34(18,27(40)42-12-11-37)44-28(41)43-26-14-19-7-9-31(26,5)29(19,2)3/h8,10,15,18-19,21-22,24-26,39H,7,9,12-14,16-17H2,1-6H3/t18-,19+,21+,22+,24+,25+,26-,30+,31-,32+,33+,34+/m1/s1. The topological polar surface area (TPSA) is 123 Å².